The maximum atomic E-state index is 14.3. The molecule has 3 aromatic rings. The van der Waals surface area contributed by atoms with Gasteiger partial charge in [0.25, 0.3) is 5.91 Å². The molecule has 9 heteroatoms. The Morgan fingerprint density at radius 3 is 2.33 bits per heavy atom. The van der Waals surface area contributed by atoms with Gasteiger partial charge in [0, 0.05) is 17.8 Å². The molecule has 8 nitrogen and oxygen atoms in total. The minimum Gasteiger partial charge on any atom is -0.493 e. The molecule has 1 aliphatic carbocycles. The highest BCUT2D eigenvalue weighted by atomic mass is 19.1. The number of carbonyl (C=O) groups is 2. The Bertz CT molecular complexity index is 1340. The summed E-state index contributed by atoms with van der Waals surface area (Å²) in [6, 6.07) is 16.6. The molecule has 3 aromatic carbocycles. The van der Waals surface area contributed by atoms with E-state index in [0.717, 1.165) is 32.1 Å². The zero-order valence-electron chi connectivity index (χ0n) is 22.6. The second kappa shape index (κ2) is 12.3. The molecule has 210 valence electrons. The van der Waals surface area contributed by atoms with Gasteiger partial charge in [-0.05, 0) is 54.8 Å². The summed E-state index contributed by atoms with van der Waals surface area (Å²) in [4.78, 5) is 29.8. The number of hydrogen-bond acceptors (Lipinski definition) is 6. The quantitative estimate of drug-likeness (QED) is 0.416. The smallest absolute Gasteiger partial charge is 0.272 e. The molecule has 5 rings (SSSR count). The number of benzene rings is 3. The average molecular weight is 549 g/mol. The number of anilines is 1. The fourth-order valence-electron chi connectivity index (χ4n) is 5.26. The molecule has 0 unspecified atom stereocenters. The molecule has 1 saturated carbocycles. The van der Waals surface area contributed by atoms with Crippen LogP contribution in [0, 0.1) is 5.82 Å². The van der Waals surface area contributed by atoms with Gasteiger partial charge in [-0.25, -0.2) is 4.39 Å². The fraction of sp³-hybridized carbons (Fsp3) is 0.355. The maximum Gasteiger partial charge on any atom is 0.272 e. The highest BCUT2D eigenvalue weighted by molar-refractivity contribution is 6.04. The van der Waals surface area contributed by atoms with Crippen molar-refractivity contribution in [2.24, 2.45) is 0 Å². The number of nitrogens with zero attached hydrogens (tertiary/aromatic N) is 1. The molecule has 2 atom stereocenters. The van der Waals surface area contributed by atoms with Crippen LogP contribution < -0.4 is 29.2 Å². The van der Waals surface area contributed by atoms with Crippen molar-refractivity contribution in [1.29, 1.82) is 0 Å². The van der Waals surface area contributed by atoms with Gasteiger partial charge < -0.3 is 24.3 Å². The first-order valence-electron chi connectivity index (χ1n) is 13.5. The Kier molecular flexibility index (Phi) is 8.38. The van der Waals surface area contributed by atoms with E-state index in [1.54, 1.807) is 36.4 Å². The van der Waals surface area contributed by atoms with Crippen molar-refractivity contribution in [3.05, 3.63) is 78.1 Å². The molecule has 1 N–H and O–H groups in total. The largest absolute Gasteiger partial charge is 0.493 e. The first-order chi connectivity index (χ1) is 19.5. The molecule has 1 heterocycles. The Balaban J connectivity index is 1.58. The number of hydrogen-bond donors (Lipinski definition) is 1. The monoisotopic (exact) mass is 548 g/mol. The zero-order chi connectivity index (χ0) is 28.1. The minimum atomic E-state index is -1.12. The number of ether oxygens (including phenoxy) is 4. The van der Waals surface area contributed by atoms with Crippen molar-refractivity contribution >= 4 is 17.5 Å². The molecule has 2 aliphatic rings. The summed E-state index contributed by atoms with van der Waals surface area (Å²) in [7, 11) is 3.01. The van der Waals surface area contributed by atoms with E-state index < -0.39 is 23.9 Å². The van der Waals surface area contributed by atoms with Crippen LogP contribution >= 0.6 is 0 Å². The second-order valence-corrected chi connectivity index (χ2v) is 9.91. The van der Waals surface area contributed by atoms with Gasteiger partial charge in [-0.1, -0.05) is 43.5 Å². The Morgan fingerprint density at radius 1 is 0.925 bits per heavy atom. The Morgan fingerprint density at radius 2 is 1.62 bits per heavy atom. The van der Waals surface area contributed by atoms with Crippen LogP contribution in [0.25, 0.3) is 0 Å². The van der Waals surface area contributed by atoms with E-state index in [2.05, 4.69) is 5.32 Å². The van der Waals surface area contributed by atoms with E-state index >= 15 is 0 Å². The highest BCUT2D eigenvalue weighted by Crippen LogP contribution is 2.38. The number of methoxy groups -OCH3 is 2. The van der Waals surface area contributed by atoms with Crippen LogP contribution in [0.2, 0.25) is 0 Å². The topological polar surface area (TPSA) is 86.3 Å². The van der Waals surface area contributed by atoms with Crippen molar-refractivity contribution < 1.29 is 32.9 Å². The first-order valence-corrected chi connectivity index (χ1v) is 13.5. The maximum absolute atomic E-state index is 14.3. The predicted molar refractivity (Wildman–Crippen MR) is 148 cm³/mol. The molecular formula is C31H33FN2O6. The Hall–Kier alpha value is -4.27. The second-order valence-electron chi connectivity index (χ2n) is 9.91. The third-order valence-electron chi connectivity index (χ3n) is 7.31. The van der Waals surface area contributed by atoms with Crippen molar-refractivity contribution in [1.82, 2.24) is 5.32 Å². The molecule has 0 bridgehead atoms. The lowest BCUT2D eigenvalue weighted by molar-refractivity contribution is -0.132. The summed E-state index contributed by atoms with van der Waals surface area (Å²) in [5.74, 6) is 0.524. The lowest BCUT2D eigenvalue weighted by Crippen LogP contribution is -2.52. The lowest BCUT2D eigenvalue weighted by Gasteiger charge is -2.36. The van der Waals surface area contributed by atoms with Gasteiger partial charge in [-0.3, -0.25) is 14.5 Å². The molecule has 1 aliphatic heterocycles. The van der Waals surface area contributed by atoms with Gasteiger partial charge in [0.05, 0.1) is 14.2 Å². The van der Waals surface area contributed by atoms with Crippen LogP contribution in [0.15, 0.2) is 66.7 Å². The summed E-state index contributed by atoms with van der Waals surface area (Å²) in [5.41, 5.74) is 0.841. The number of fused-ring (bicyclic) bond motifs is 1. The van der Waals surface area contributed by atoms with Crippen molar-refractivity contribution in [3.8, 4) is 23.0 Å². The van der Waals surface area contributed by atoms with Gasteiger partial charge in [-0.2, -0.15) is 0 Å². The van der Waals surface area contributed by atoms with E-state index in [-0.39, 0.29) is 18.6 Å². The first kappa shape index (κ1) is 27.3. The number of carbonyl (C=O) groups excluding carboxylic acids is 2. The summed E-state index contributed by atoms with van der Waals surface area (Å²) in [6.45, 7) is -0.0416. The highest BCUT2D eigenvalue weighted by Gasteiger charge is 2.40. The third-order valence-corrected chi connectivity index (χ3v) is 7.31. The van der Waals surface area contributed by atoms with Crippen LogP contribution in [-0.2, 0) is 9.59 Å². The fourth-order valence-corrected chi connectivity index (χ4v) is 5.26. The zero-order valence-corrected chi connectivity index (χ0v) is 22.6. The third kappa shape index (κ3) is 5.83. The van der Waals surface area contributed by atoms with Crippen molar-refractivity contribution in [2.45, 2.75) is 50.3 Å². The van der Waals surface area contributed by atoms with E-state index in [9.17, 15) is 14.0 Å². The number of para-hydroxylation sites is 2. The van der Waals surface area contributed by atoms with E-state index in [1.165, 1.54) is 43.4 Å². The number of halogens is 1. The SMILES string of the molecule is COc1ccc(N(C(=O)[C@H]2COc3ccccc3O2)[C@H](C(=O)NC2CCCCC2)c2ccc(F)cc2)cc1OC. The van der Waals surface area contributed by atoms with E-state index in [1.807, 2.05) is 6.07 Å². The average Bonchev–Trinajstić information content (AvgIpc) is 3.00. The predicted octanol–water partition coefficient (Wildman–Crippen LogP) is 5.21. The van der Waals surface area contributed by atoms with Crippen LogP contribution in [0.3, 0.4) is 0 Å². The van der Waals surface area contributed by atoms with E-state index in [0.29, 0.717) is 34.2 Å². The number of rotatable bonds is 8. The molecule has 2 amide bonds. The molecule has 0 spiro atoms. The summed E-state index contributed by atoms with van der Waals surface area (Å²) >= 11 is 0. The van der Waals surface area contributed by atoms with Crippen LogP contribution in [0.1, 0.15) is 43.7 Å². The van der Waals surface area contributed by atoms with Crippen molar-refractivity contribution in [2.75, 3.05) is 25.7 Å². The molecule has 0 radical (unpaired) electrons. The summed E-state index contributed by atoms with van der Waals surface area (Å²) < 4.78 is 36.8. The Labute approximate surface area is 233 Å². The summed E-state index contributed by atoms with van der Waals surface area (Å²) in [5, 5.41) is 3.15. The van der Waals surface area contributed by atoms with Gasteiger partial charge in [0.2, 0.25) is 12.0 Å². The number of nitrogens with one attached hydrogen (secondary N) is 1. The van der Waals surface area contributed by atoms with Crippen LogP contribution in [0.4, 0.5) is 10.1 Å². The summed E-state index contributed by atoms with van der Waals surface area (Å²) in [6.07, 6.45) is 3.87. The van der Waals surface area contributed by atoms with Gasteiger partial charge >= 0.3 is 0 Å². The van der Waals surface area contributed by atoms with E-state index in [4.69, 9.17) is 18.9 Å². The molecule has 1 fully saturated rings. The van der Waals surface area contributed by atoms with Crippen LogP contribution in [0.5, 0.6) is 23.0 Å². The van der Waals surface area contributed by atoms with Gasteiger partial charge in [0.15, 0.2) is 23.0 Å². The molecule has 40 heavy (non-hydrogen) atoms. The molecular weight excluding hydrogens is 515 g/mol. The number of amides is 2. The van der Waals surface area contributed by atoms with Crippen molar-refractivity contribution in [3.63, 3.8) is 0 Å². The molecule has 0 aromatic heterocycles. The lowest BCUT2D eigenvalue weighted by atomic mass is 9.94. The normalized spacial score (nSPS) is 17.4. The van der Waals surface area contributed by atoms with Gasteiger partial charge in [0.1, 0.15) is 18.5 Å². The van der Waals surface area contributed by atoms with Crippen LogP contribution in [-0.4, -0.2) is 44.8 Å². The standard InChI is InChI=1S/C31H33FN2O6/c1-37-24-17-16-23(18-27(24)38-2)34(31(36)28-19-39-25-10-6-7-11-26(25)40-28)29(20-12-14-21(32)15-13-20)30(35)33-22-8-4-3-5-9-22/h6-7,10-18,22,28-29H,3-5,8-9,19H2,1-2H3,(H,33,35)/t28-,29+/m1/s1. The van der Waals surface area contributed by atoms with Gasteiger partial charge in [-0.15, -0.1) is 0 Å². The minimum absolute atomic E-state index is 0.00676. The molecule has 0 saturated heterocycles.